The van der Waals surface area contributed by atoms with Crippen molar-refractivity contribution in [2.75, 3.05) is 12.4 Å². The monoisotopic (exact) mass is 399 g/mol. The number of rotatable bonds is 4. The van der Waals surface area contributed by atoms with Crippen molar-refractivity contribution in [2.24, 2.45) is 0 Å². The van der Waals surface area contributed by atoms with Crippen LogP contribution >= 0.6 is 0 Å². The SMILES string of the molecule is COc1ccc(C)cc1-c1ccc2c(c1C(O)c1ccccc1)C(C)=CC(C)(C)N2. The number of nitrogens with one attached hydrogen (secondary N) is 1. The predicted octanol–water partition coefficient (Wildman–Crippen LogP) is 6.36. The average Bonchev–Trinajstić information content (AvgIpc) is 2.72. The lowest BCUT2D eigenvalue weighted by molar-refractivity contribution is 0.220. The van der Waals surface area contributed by atoms with Crippen LogP contribution in [0.1, 0.15) is 49.1 Å². The Kier molecular flexibility index (Phi) is 5.17. The number of ether oxygens (including phenoxy) is 1. The molecule has 0 aliphatic carbocycles. The zero-order valence-corrected chi connectivity index (χ0v) is 18.3. The molecule has 0 spiro atoms. The third-order valence-corrected chi connectivity index (χ3v) is 5.71. The molecule has 4 rings (SSSR count). The summed E-state index contributed by atoms with van der Waals surface area (Å²) in [6.07, 6.45) is 1.47. The summed E-state index contributed by atoms with van der Waals surface area (Å²) in [5.41, 5.74) is 8.02. The van der Waals surface area contributed by atoms with Crippen LogP contribution in [-0.2, 0) is 0 Å². The van der Waals surface area contributed by atoms with Gasteiger partial charge >= 0.3 is 0 Å². The molecule has 154 valence electrons. The van der Waals surface area contributed by atoms with Crippen LogP contribution in [0, 0.1) is 6.92 Å². The minimum absolute atomic E-state index is 0.144. The van der Waals surface area contributed by atoms with Crippen LogP contribution in [-0.4, -0.2) is 17.8 Å². The molecule has 0 aromatic heterocycles. The fraction of sp³-hybridized carbons (Fsp3) is 0.259. The van der Waals surface area contributed by atoms with Crippen molar-refractivity contribution >= 4 is 11.3 Å². The van der Waals surface area contributed by atoms with Crippen molar-refractivity contribution < 1.29 is 9.84 Å². The van der Waals surface area contributed by atoms with Gasteiger partial charge in [-0.1, -0.05) is 54.1 Å². The number of hydrogen-bond acceptors (Lipinski definition) is 3. The Balaban J connectivity index is 2.03. The van der Waals surface area contributed by atoms with E-state index in [4.69, 9.17) is 4.74 Å². The minimum Gasteiger partial charge on any atom is -0.496 e. The Morgan fingerprint density at radius 1 is 0.933 bits per heavy atom. The molecule has 0 fully saturated rings. The lowest BCUT2D eigenvalue weighted by Crippen LogP contribution is -2.32. The Labute approximate surface area is 179 Å². The van der Waals surface area contributed by atoms with Crippen LogP contribution in [0.5, 0.6) is 5.75 Å². The molecule has 1 unspecified atom stereocenters. The summed E-state index contributed by atoms with van der Waals surface area (Å²) in [4.78, 5) is 0. The minimum atomic E-state index is -0.757. The van der Waals surface area contributed by atoms with Gasteiger partial charge in [-0.25, -0.2) is 0 Å². The topological polar surface area (TPSA) is 41.5 Å². The predicted molar refractivity (Wildman–Crippen MR) is 125 cm³/mol. The molecule has 3 aromatic carbocycles. The van der Waals surface area contributed by atoms with E-state index >= 15 is 0 Å². The van der Waals surface area contributed by atoms with Gasteiger partial charge in [-0.3, -0.25) is 0 Å². The first kappa shape index (κ1) is 20.2. The van der Waals surface area contributed by atoms with E-state index in [2.05, 4.69) is 57.3 Å². The summed E-state index contributed by atoms with van der Waals surface area (Å²) in [5, 5.41) is 15.2. The van der Waals surface area contributed by atoms with E-state index in [1.54, 1.807) is 7.11 Å². The van der Waals surface area contributed by atoms with Crippen molar-refractivity contribution in [3.05, 3.63) is 89.0 Å². The number of fused-ring (bicyclic) bond motifs is 1. The van der Waals surface area contributed by atoms with E-state index in [-0.39, 0.29) is 5.54 Å². The maximum atomic E-state index is 11.6. The van der Waals surface area contributed by atoms with Crippen molar-refractivity contribution in [3.63, 3.8) is 0 Å². The molecule has 3 heteroatoms. The van der Waals surface area contributed by atoms with Gasteiger partial charge in [0.05, 0.1) is 12.6 Å². The Hall–Kier alpha value is -3.04. The van der Waals surface area contributed by atoms with Gasteiger partial charge in [0.1, 0.15) is 11.9 Å². The highest BCUT2D eigenvalue weighted by Crippen LogP contribution is 2.46. The zero-order chi connectivity index (χ0) is 21.5. The second-order valence-corrected chi connectivity index (χ2v) is 8.64. The standard InChI is InChI=1S/C27H29NO2/c1-17-11-14-23(30-5)21(15-17)20-12-13-22-24(18(2)16-27(3,4)28-22)25(20)26(29)19-9-7-6-8-10-19/h6-16,26,28-29H,1-5H3. The molecule has 0 amide bonds. The van der Waals surface area contributed by atoms with E-state index in [0.717, 1.165) is 50.4 Å². The highest BCUT2D eigenvalue weighted by atomic mass is 16.5. The second kappa shape index (κ2) is 7.66. The quantitative estimate of drug-likeness (QED) is 0.536. The molecule has 0 saturated heterocycles. The molecule has 0 saturated carbocycles. The number of hydrogen-bond donors (Lipinski definition) is 2. The Morgan fingerprint density at radius 2 is 1.67 bits per heavy atom. The number of aryl methyl sites for hydroxylation is 1. The third kappa shape index (κ3) is 3.61. The summed E-state index contributed by atoms with van der Waals surface area (Å²) in [6, 6.07) is 20.2. The zero-order valence-electron chi connectivity index (χ0n) is 18.3. The third-order valence-electron chi connectivity index (χ3n) is 5.71. The van der Waals surface area contributed by atoms with Crippen molar-refractivity contribution in [1.29, 1.82) is 0 Å². The van der Waals surface area contributed by atoms with Crippen molar-refractivity contribution in [3.8, 4) is 16.9 Å². The number of allylic oxidation sites excluding steroid dienone is 1. The summed E-state index contributed by atoms with van der Waals surface area (Å²) in [6.45, 7) is 8.51. The van der Waals surface area contributed by atoms with E-state index in [1.807, 2.05) is 42.5 Å². The Morgan fingerprint density at radius 3 is 2.37 bits per heavy atom. The number of methoxy groups -OCH3 is 1. The first-order valence-electron chi connectivity index (χ1n) is 10.3. The van der Waals surface area contributed by atoms with Gasteiger partial charge in [0.25, 0.3) is 0 Å². The van der Waals surface area contributed by atoms with Crippen LogP contribution in [0.25, 0.3) is 16.7 Å². The van der Waals surface area contributed by atoms with Crippen LogP contribution in [0.2, 0.25) is 0 Å². The first-order chi connectivity index (χ1) is 14.3. The summed E-state index contributed by atoms with van der Waals surface area (Å²) in [7, 11) is 1.69. The molecule has 3 nitrogen and oxygen atoms in total. The van der Waals surface area contributed by atoms with E-state index in [0.29, 0.717) is 0 Å². The lowest BCUT2D eigenvalue weighted by Gasteiger charge is -2.34. The fourth-order valence-corrected chi connectivity index (χ4v) is 4.50. The van der Waals surface area contributed by atoms with Gasteiger partial charge < -0.3 is 15.2 Å². The molecule has 0 bridgehead atoms. The van der Waals surface area contributed by atoms with E-state index in [1.165, 1.54) is 0 Å². The fourth-order valence-electron chi connectivity index (χ4n) is 4.50. The molecule has 1 atom stereocenters. The van der Waals surface area contributed by atoms with Crippen LogP contribution in [0.3, 0.4) is 0 Å². The molecule has 0 radical (unpaired) electrons. The smallest absolute Gasteiger partial charge is 0.126 e. The number of benzene rings is 3. The number of anilines is 1. The molecule has 1 heterocycles. The highest BCUT2D eigenvalue weighted by Gasteiger charge is 2.29. The summed E-state index contributed by atoms with van der Waals surface area (Å²) in [5.74, 6) is 0.799. The van der Waals surface area contributed by atoms with Crippen molar-refractivity contribution in [2.45, 2.75) is 39.3 Å². The molecular formula is C27H29NO2. The van der Waals surface area contributed by atoms with Crippen LogP contribution < -0.4 is 10.1 Å². The molecule has 1 aliphatic heterocycles. The van der Waals surface area contributed by atoms with E-state index < -0.39 is 6.10 Å². The molecule has 30 heavy (non-hydrogen) atoms. The molecule has 2 N–H and O–H groups in total. The van der Waals surface area contributed by atoms with Gasteiger partial charge in [-0.2, -0.15) is 0 Å². The maximum Gasteiger partial charge on any atom is 0.126 e. The Bertz CT molecular complexity index is 1110. The van der Waals surface area contributed by atoms with Crippen LogP contribution in [0.4, 0.5) is 5.69 Å². The summed E-state index contributed by atoms with van der Waals surface area (Å²) >= 11 is 0. The first-order valence-corrected chi connectivity index (χ1v) is 10.3. The average molecular weight is 400 g/mol. The van der Waals surface area contributed by atoms with Gasteiger partial charge in [-0.05, 0) is 62.6 Å². The van der Waals surface area contributed by atoms with Gasteiger partial charge in [-0.15, -0.1) is 0 Å². The second-order valence-electron chi connectivity index (χ2n) is 8.64. The lowest BCUT2D eigenvalue weighted by atomic mass is 9.81. The van der Waals surface area contributed by atoms with Gasteiger partial charge in [0.15, 0.2) is 0 Å². The molecule has 3 aromatic rings. The number of aliphatic hydroxyl groups is 1. The van der Waals surface area contributed by atoms with Gasteiger partial charge in [0, 0.05) is 22.4 Å². The van der Waals surface area contributed by atoms with Crippen molar-refractivity contribution in [1.82, 2.24) is 0 Å². The molecular weight excluding hydrogens is 370 g/mol. The maximum absolute atomic E-state index is 11.6. The number of aliphatic hydroxyl groups excluding tert-OH is 1. The highest BCUT2D eigenvalue weighted by molar-refractivity contribution is 5.89. The normalized spacial score (nSPS) is 15.6. The molecule has 1 aliphatic rings. The largest absolute Gasteiger partial charge is 0.496 e. The summed E-state index contributed by atoms with van der Waals surface area (Å²) < 4.78 is 5.69. The van der Waals surface area contributed by atoms with E-state index in [9.17, 15) is 5.11 Å². The van der Waals surface area contributed by atoms with Gasteiger partial charge in [0.2, 0.25) is 0 Å². The van der Waals surface area contributed by atoms with Crippen LogP contribution in [0.15, 0.2) is 66.7 Å².